The zero-order chi connectivity index (χ0) is 17.1. The molecule has 1 amide bonds. The quantitative estimate of drug-likeness (QED) is 0.723. The summed E-state index contributed by atoms with van der Waals surface area (Å²) in [4.78, 5) is 17.8. The third-order valence-corrected chi connectivity index (χ3v) is 4.93. The lowest BCUT2D eigenvalue weighted by Crippen LogP contribution is -2.41. The van der Waals surface area contributed by atoms with Gasteiger partial charge in [-0.3, -0.25) is 9.20 Å². The summed E-state index contributed by atoms with van der Waals surface area (Å²) in [7, 11) is 0. The lowest BCUT2D eigenvalue weighted by Gasteiger charge is -2.19. The second-order valence-corrected chi connectivity index (χ2v) is 6.99. The van der Waals surface area contributed by atoms with Crippen LogP contribution in [0.4, 0.5) is 0 Å². The Morgan fingerprint density at radius 3 is 2.75 bits per heavy atom. The van der Waals surface area contributed by atoms with Crippen LogP contribution in [0.15, 0.2) is 41.9 Å². The van der Waals surface area contributed by atoms with Crippen molar-refractivity contribution in [3.8, 4) is 11.3 Å². The van der Waals surface area contributed by atoms with Crippen LogP contribution in [-0.2, 0) is 11.2 Å². The number of aliphatic hydroxyl groups is 1. The van der Waals surface area contributed by atoms with Gasteiger partial charge in [0.1, 0.15) is 0 Å². The molecule has 3 rings (SSSR count). The van der Waals surface area contributed by atoms with Crippen LogP contribution in [0.1, 0.15) is 19.5 Å². The molecule has 1 aromatic carbocycles. The minimum atomic E-state index is -0.214. The van der Waals surface area contributed by atoms with E-state index in [0.29, 0.717) is 0 Å². The van der Waals surface area contributed by atoms with Crippen molar-refractivity contribution in [2.75, 3.05) is 6.61 Å². The fourth-order valence-electron chi connectivity index (χ4n) is 2.55. The first-order chi connectivity index (χ1) is 11.6. The van der Waals surface area contributed by atoms with E-state index in [2.05, 4.69) is 10.3 Å². The topological polar surface area (TPSA) is 66.6 Å². The van der Waals surface area contributed by atoms with Gasteiger partial charge in [-0.05, 0) is 5.92 Å². The number of nitrogens with zero attached hydrogens (tertiary/aromatic N) is 2. The zero-order valence-electron chi connectivity index (χ0n) is 13.8. The number of rotatable bonds is 6. The first-order valence-electron chi connectivity index (χ1n) is 7.99. The minimum absolute atomic E-state index is 0.0499. The molecule has 0 aliphatic carbocycles. The number of nitrogens with one attached hydrogen (secondary N) is 1. The fraction of sp³-hybridized carbons (Fsp3) is 0.333. The molecule has 2 N–H and O–H groups in total. The number of imidazole rings is 1. The van der Waals surface area contributed by atoms with Crippen LogP contribution in [0.2, 0.25) is 0 Å². The molecule has 2 heterocycles. The first-order valence-corrected chi connectivity index (χ1v) is 8.87. The highest BCUT2D eigenvalue weighted by Gasteiger charge is 2.17. The summed E-state index contributed by atoms with van der Waals surface area (Å²) in [5.41, 5.74) is 2.87. The molecule has 3 aromatic rings. The van der Waals surface area contributed by atoms with Gasteiger partial charge in [0.05, 0.1) is 24.8 Å². The van der Waals surface area contributed by atoms with Crippen LogP contribution in [0, 0.1) is 5.92 Å². The highest BCUT2D eigenvalue weighted by atomic mass is 32.1. The number of carbonyl (C=O) groups excluding carboxylic acids is 1. The summed E-state index contributed by atoms with van der Waals surface area (Å²) in [6.07, 6.45) is 2.24. The minimum Gasteiger partial charge on any atom is -0.394 e. The van der Waals surface area contributed by atoms with Crippen LogP contribution in [0.3, 0.4) is 0 Å². The predicted octanol–water partition coefficient (Wildman–Crippen LogP) is 2.74. The van der Waals surface area contributed by atoms with E-state index in [1.54, 1.807) is 0 Å². The van der Waals surface area contributed by atoms with Gasteiger partial charge in [-0.1, -0.05) is 44.2 Å². The molecule has 0 radical (unpaired) electrons. The van der Waals surface area contributed by atoms with Crippen molar-refractivity contribution in [1.29, 1.82) is 0 Å². The summed E-state index contributed by atoms with van der Waals surface area (Å²) in [5.74, 6) is 0.108. The average Bonchev–Trinajstić information content (AvgIpc) is 3.15. The Morgan fingerprint density at radius 1 is 1.33 bits per heavy atom. The number of amides is 1. The van der Waals surface area contributed by atoms with Gasteiger partial charge in [0, 0.05) is 22.8 Å². The lowest BCUT2D eigenvalue weighted by molar-refractivity contribution is -0.121. The van der Waals surface area contributed by atoms with E-state index in [0.717, 1.165) is 21.9 Å². The molecule has 1 atom stereocenters. The Morgan fingerprint density at radius 2 is 2.08 bits per heavy atom. The summed E-state index contributed by atoms with van der Waals surface area (Å²) >= 11 is 1.52. The SMILES string of the molecule is CC(C)C(CO)NC(=O)Cc1csc2nc(-c3ccccc3)cn12. The molecule has 0 saturated carbocycles. The van der Waals surface area contributed by atoms with E-state index in [1.165, 1.54) is 11.3 Å². The summed E-state index contributed by atoms with van der Waals surface area (Å²) < 4.78 is 1.97. The van der Waals surface area contributed by atoms with Crippen molar-refractivity contribution < 1.29 is 9.90 Å². The molecule has 0 bridgehead atoms. The van der Waals surface area contributed by atoms with Crippen LogP contribution in [0.25, 0.3) is 16.2 Å². The van der Waals surface area contributed by atoms with Gasteiger partial charge in [0.25, 0.3) is 0 Å². The number of hydrogen-bond acceptors (Lipinski definition) is 4. The molecule has 1 unspecified atom stereocenters. The first kappa shape index (κ1) is 16.7. The van der Waals surface area contributed by atoms with Gasteiger partial charge in [0.2, 0.25) is 5.91 Å². The third-order valence-electron chi connectivity index (χ3n) is 4.04. The molecule has 2 aromatic heterocycles. The van der Waals surface area contributed by atoms with Gasteiger partial charge in [0.15, 0.2) is 4.96 Å². The Hall–Kier alpha value is -2.18. The van der Waals surface area contributed by atoms with Crippen LogP contribution in [0.5, 0.6) is 0 Å². The number of aromatic nitrogens is 2. The molecule has 0 spiro atoms. The molecule has 0 saturated heterocycles. The van der Waals surface area contributed by atoms with E-state index in [-0.39, 0.29) is 30.9 Å². The molecule has 126 valence electrons. The van der Waals surface area contributed by atoms with Crippen molar-refractivity contribution in [3.63, 3.8) is 0 Å². The Labute approximate surface area is 145 Å². The van der Waals surface area contributed by atoms with E-state index in [1.807, 2.05) is 60.2 Å². The number of benzene rings is 1. The Balaban J connectivity index is 1.78. The maximum absolute atomic E-state index is 12.3. The second kappa shape index (κ2) is 7.15. The molecule has 6 heteroatoms. The Bertz CT molecular complexity index is 823. The fourth-order valence-corrected chi connectivity index (χ4v) is 3.42. The Kier molecular flexibility index (Phi) is 4.97. The summed E-state index contributed by atoms with van der Waals surface area (Å²) in [6.45, 7) is 3.91. The zero-order valence-corrected chi connectivity index (χ0v) is 14.6. The summed E-state index contributed by atoms with van der Waals surface area (Å²) in [5, 5.41) is 14.2. The van der Waals surface area contributed by atoms with E-state index in [4.69, 9.17) is 0 Å². The van der Waals surface area contributed by atoms with E-state index < -0.39 is 0 Å². The average molecular weight is 343 g/mol. The summed E-state index contributed by atoms with van der Waals surface area (Å²) in [6, 6.07) is 9.77. The van der Waals surface area contributed by atoms with Gasteiger partial charge in [-0.15, -0.1) is 11.3 Å². The van der Waals surface area contributed by atoms with Crippen LogP contribution in [-0.4, -0.2) is 33.0 Å². The number of aliphatic hydroxyl groups excluding tert-OH is 1. The second-order valence-electron chi connectivity index (χ2n) is 6.15. The van der Waals surface area contributed by atoms with Crippen molar-refractivity contribution >= 4 is 22.2 Å². The monoisotopic (exact) mass is 343 g/mol. The molecular weight excluding hydrogens is 322 g/mol. The van der Waals surface area contributed by atoms with Crippen molar-refractivity contribution in [1.82, 2.24) is 14.7 Å². The molecule has 0 fully saturated rings. The number of carbonyl (C=O) groups is 1. The normalized spacial score (nSPS) is 12.7. The van der Waals surface area contributed by atoms with Gasteiger partial charge < -0.3 is 10.4 Å². The maximum Gasteiger partial charge on any atom is 0.226 e. The van der Waals surface area contributed by atoms with E-state index >= 15 is 0 Å². The highest BCUT2D eigenvalue weighted by Crippen LogP contribution is 2.23. The lowest BCUT2D eigenvalue weighted by atomic mass is 10.1. The number of thiazole rings is 1. The number of fused-ring (bicyclic) bond motifs is 1. The van der Waals surface area contributed by atoms with Crippen LogP contribution < -0.4 is 5.32 Å². The van der Waals surface area contributed by atoms with Crippen molar-refractivity contribution in [2.45, 2.75) is 26.3 Å². The largest absolute Gasteiger partial charge is 0.394 e. The maximum atomic E-state index is 12.3. The number of hydrogen-bond donors (Lipinski definition) is 2. The predicted molar refractivity (Wildman–Crippen MR) is 96.1 cm³/mol. The van der Waals surface area contributed by atoms with Crippen molar-refractivity contribution in [2.24, 2.45) is 5.92 Å². The molecule has 24 heavy (non-hydrogen) atoms. The molecule has 0 aliphatic heterocycles. The third kappa shape index (κ3) is 3.49. The molecule has 0 aliphatic rings. The van der Waals surface area contributed by atoms with E-state index in [9.17, 15) is 9.90 Å². The van der Waals surface area contributed by atoms with Gasteiger partial charge in [-0.2, -0.15) is 0 Å². The van der Waals surface area contributed by atoms with Crippen LogP contribution >= 0.6 is 11.3 Å². The molecular formula is C18H21N3O2S. The highest BCUT2D eigenvalue weighted by molar-refractivity contribution is 7.15. The van der Waals surface area contributed by atoms with Gasteiger partial charge >= 0.3 is 0 Å². The smallest absolute Gasteiger partial charge is 0.226 e. The van der Waals surface area contributed by atoms with Crippen molar-refractivity contribution in [3.05, 3.63) is 47.6 Å². The standard InChI is InChI=1S/C18H21N3O2S/c1-12(2)16(10-22)19-17(23)8-14-11-24-18-20-15(9-21(14)18)13-6-4-3-5-7-13/h3-7,9,11-12,16,22H,8,10H2,1-2H3,(H,19,23). The molecule has 5 nitrogen and oxygen atoms in total. The van der Waals surface area contributed by atoms with Gasteiger partial charge in [-0.25, -0.2) is 4.98 Å².